The minimum absolute atomic E-state index is 0.203. The lowest BCUT2D eigenvalue weighted by Crippen LogP contribution is -2.54. The average Bonchev–Trinajstić information content (AvgIpc) is 2.21. The number of hydrogen-bond acceptors (Lipinski definition) is 5. The molecular formula is C13H24N2O5S. The summed E-state index contributed by atoms with van der Waals surface area (Å²) in [6.07, 6.45) is -0.789. The van der Waals surface area contributed by atoms with E-state index >= 15 is 0 Å². The Bertz CT molecular complexity index is 404. The lowest BCUT2D eigenvalue weighted by Gasteiger charge is -2.32. The van der Waals surface area contributed by atoms with Gasteiger partial charge in [0.05, 0.1) is 5.88 Å². The fraction of sp³-hybridized carbons (Fsp3) is 0.769. The number of amides is 2. The van der Waals surface area contributed by atoms with E-state index in [1.807, 2.05) is 0 Å². The number of carbonyl (C=O) groups excluding carboxylic acids is 2. The molecule has 3 N–H and O–H groups in total. The molecule has 0 heterocycles. The van der Waals surface area contributed by atoms with Gasteiger partial charge in [0.15, 0.2) is 0 Å². The highest BCUT2D eigenvalue weighted by Crippen LogP contribution is 2.28. The molecule has 0 aromatic rings. The van der Waals surface area contributed by atoms with E-state index in [0.29, 0.717) is 0 Å². The fourth-order valence-corrected chi connectivity index (χ4v) is 2.34. The maximum Gasteiger partial charge on any atom is 0.408 e. The molecular weight excluding hydrogens is 296 g/mol. The number of carbonyl (C=O) groups is 3. The van der Waals surface area contributed by atoms with Crippen molar-refractivity contribution in [3.63, 3.8) is 0 Å². The van der Waals surface area contributed by atoms with Gasteiger partial charge in [-0.1, -0.05) is 0 Å². The van der Waals surface area contributed by atoms with Gasteiger partial charge in [0.25, 0.3) is 0 Å². The van der Waals surface area contributed by atoms with Crippen LogP contribution in [0.15, 0.2) is 0 Å². The van der Waals surface area contributed by atoms with E-state index in [-0.39, 0.29) is 11.8 Å². The molecule has 0 rings (SSSR count). The highest BCUT2D eigenvalue weighted by atomic mass is 32.2. The van der Waals surface area contributed by atoms with Crippen molar-refractivity contribution in [2.24, 2.45) is 0 Å². The summed E-state index contributed by atoms with van der Waals surface area (Å²) in [7, 11) is 0. The Morgan fingerprint density at radius 3 is 2.10 bits per heavy atom. The minimum Gasteiger partial charge on any atom is -0.480 e. The molecule has 0 aliphatic rings. The fourth-order valence-electron chi connectivity index (χ4n) is 1.37. The van der Waals surface area contributed by atoms with Crippen LogP contribution in [0.4, 0.5) is 4.79 Å². The summed E-state index contributed by atoms with van der Waals surface area (Å²) in [4.78, 5) is 33.9. The molecule has 0 radical (unpaired) electrons. The Balaban J connectivity index is 4.76. The summed E-state index contributed by atoms with van der Waals surface area (Å²) in [6.45, 7) is 9.81. The van der Waals surface area contributed by atoms with Crippen LogP contribution < -0.4 is 10.6 Å². The molecule has 7 nitrogen and oxygen atoms in total. The Morgan fingerprint density at radius 1 is 1.19 bits per heavy atom. The van der Waals surface area contributed by atoms with Crippen molar-refractivity contribution in [2.75, 3.05) is 5.88 Å². The third-order valence-electron chi connectivity index (χ3n) is 2.37. The van der Waals surface area contributed by atoms with Crippen molar-refractivity contribution in [3.05, 3.63) is 0 Å². The van der Waals surface area contributed by atoms with Crippen LogP contribution in [-0.2, 0) is 14.3 Å². The SMILES string of the molecule is CC(=O)NCSC(C)(C)C(NC(=O)OC(C)(C)C)C(=O)O. The van der Waals surface area contributed by atoms with Crippen molar-refractivity contribution in [2.45, 2.75) is 57.9 Å². The summed E-state index contributed by atoms with van der Waals surface area (Å²) < 4.78 is 4.24. The maximum absolute atomic E-state index is 11.7. The zero-order valence-electron chi connectivity index (χ0n) is 13.3. The normalized spacial score (nSPS) is 13.2. The van der Waals surface area contributed by atoms with Crippen LogP contribution >= 0.6 is 11.8 Å². The first kappa shape index (κ1) is 19.6. The number of hydrogen-bond donors (Lipinski definition) is 3. The van der Waals surface area contributed by atoms with E-state index < -0.39 is 28.5 Å². The van der Waals surface area contributed by atoms with Gasteiger partial charge in [-0.2, -0.15) is 0 Å². The number of rotatable bonds is 6. The Morgan fingerprint density at radius 2 is 1.71 bits per heavy atom. The predicted molar refractivity (Wildman–Crippen MR) is 81.1 cm³/mol. The molecule has 0 aliphatic carbocycles. The highest BCUT2D eigenvalue weighted by Gasteiger charge is 2.38. The summed E-state index contributed by atoms with van der Waals surface area (Å²) in [5.41, 5.74) is -0.708. The molecule has 21 heavy (non-hydrogen) atoms. The first-order valence-electron chi connectivity index (χ1n) is 6.46. The van der Waals surface area contributed by atoms with Crippen LogP contribution in [0.1, 0.15) is 41.5 Å². The van der Waals surface area contributed by atoms with Crippen LogP contribution in [0.25, 0.3) is 0 Å². The number of thioether (sulfide) groups is 1. The minimum atomic E-state index is -1.17. The van der Waals surface area contributed by atoms with Crippen LogP contribution in [0, 0.1) is 0 Å². The monoisotopic (exact) mass is 320 g/mol. The zero-order valence-corrected chi connectivity index (χ0v) is 14.1. The summed E-state index contributed by atoms with van der Waals surface area (Å²) >= 11 is 1.22. The summed E-state index contributed by atoms with van der Waals surface area (Å²) in [6, 6.07) is -1.15. The molecule has 1 unspecified atom stereocenters. The molecule has 0 fully saturated rings. The number of alkyl carbamates (subject to hydrolysis) is 1. The number of nitrogens with one attached hydrogen (secondary N) is 2. The lowest BCUT2D eigenvalue weighted by atomic mass is 10.0. The first-order chi connectivity index (χ1) is 9.35. The zero-order chi connectivity index (χ0) is 16.8. The molecule has 0 saturated heterocycles. The molecule has 0 aromatic carbocycles. The largest absolute Gasteiger partial charge is 0.480 e. The first-order valence-corrected chi connectivity index (χ1v) is 7.44. The lowest BCUT2D eigenvalue weighted by molar-refractivity contribution is -0.140. The van der Waals surface area contributed by atoms with Crippen LogP contribution in [0.3, 0.4) is 0 Å². The second-order valence-corrected chi connectivity index (χ2v) is 7.67. The van der Waals surface area contributed by atoms with Gasteiger partial charge >= 0.3 is 12.1 Å². The van der Waals surface area contributed by atoms with Crippen molar-refractivity contribution in [3.8, 4) is 0 Å². The van der Waals surface area contributed by atoms with Gasteiger partial charge in [0.1, 0.15) is 11.6 Å². The van der Waals surface area contributed by atoms with E-state index in [9.17, 15) is 19.5 Å². The van der Waals surface area contributed by atoms with Gasteiger partial charge < -0.3 is 20.5 Å². The smallest absolute Gasteiger partial charge is 0.408 e. The van der Waals surface area contributed by atoms with Crippen molar-refractivity contribution >= 4 is 29.7 Å². The van der Waals surface area contributed by atoms with E-state index in [0.717, 1.165) is 0 Å². The summed E-state index contributed by atoms with van der Waals surface area (Å²) in [5, 5.41) is 14.2. The standard InChI is InChI=1S/C13H24N2O5S/c1-8(16)14-7-21-13(5,6)9(10(17)18)15-11(19)20-12(2,3)4/h9H,7H2,1-6H3,(H,14,16)(H,15,19)(H,17,18). The van der Waals surface area contributed by atoms with E-state index in [1.54, 1.807) is 34.6 Å². The number of carboxylic acid groups (broad SMARTS) is 1. The van der Waals surface area contributed by atoms with E-state index in [2.05, 4.69) is 10.6 Å². The second kappa shape index (κ2) is 7.53. The maximum atomic E-state index is 11.7. The van der Waals surface area contributed by atoms with Gasteiger partial charge in [-0.3, -0.25) is 4.79 Å². The average molecular weight is 320 g/mol. The molecule has 0 bridgehead atoms. The number of ether oxygens (including phenoxy) is 1. The third-order valence-corrected chi connectivity index (χ3v) is 3.64. The third kappa shape index (κ3) is 8.44. The molecule has 0 aromatic heterocycles. The topological polar surface area (TPSA) is 105 Å². The van der Waals surface area contributed by atoms with Gasteiger partial charge in [-0.05, 0) is 34.6 Å². The van der Waals surface area contributed by atoms with Crippen LogP contribution in [0.5, 0.6) is 0 Å². The quantitative estimate of drug-likeness (QED) is 0.642. The van der Waals surface area contributed by atoms with Gasteiger partial charge in [0.2, 0.25) is 5.91 Å². The van der Waals surface area contributed by atoms with Gasteiger partial charge in [-0.25, -0.2) is 9.59 Å². The molecule has 8 heteroatoms. The van der Waals surface area contributed by atoms with E-state index in [4.69, 9.17) is 4.74 Å². The Kier molecular flexibility index (Phi) is 7.02. The number of carboxylic acids is 1. The highest BCUT2D eigenvalue weighted by molar-refractivity contribution is 8.00. The van der Waals surface area contributed by atoms with Crippen molar-refractivity contribution in [1.82, 2.24) is 10.6 Å². The van der Waals surface area contributed by atoms with Gasteiger partial charge in [0, 0.05) is 11.7 Å². The van der Waals surface area contributed by atoms with Crippen molar-refractivity contribution in [1.29, 1.82) is 0 Å². The molecule has 1 atom stereocenters. The number of aliphatic carboxylic acids is 1. The molecule has 0 aliphatic heterocycles. The Labute approximate surface area is 129 Å². The van der Waals surface area contributed by atoms with Gasteiger partial charge in [-0.15, -0.1) is 11.8 Å². The Hall–Kier alpha value is -1.44. The van der Waals surface area contributed by atoms with Crippen LogP contribution in [0.2, 0.25) is 0 Å². The molecule has 0 spiro atoms. The summed E-state index contributed by atoms with van der Waals surface area (Å²) in [5.74, 6) is -1.12. The second-order valence-electron chi connectivity index (χ2n) is 6.04. The van der Waals surface area contributed by atoms with Crippen molar-refractivity contribution < 1.29 is 24.2 Å². The molecule has 122 valence electrons. The molecule has 0 saturated carbocycles. The predicted octanol–water partition coefficient (Wildman–Crippen LogP) is 1.57. The van der Waals surface area contributed by atoms with Crippen LogP contribution in [-0.4, -0.2) is 45.3 Å². The molecule has 2 amide bonds. The van der Waals surface area contributed by atoms with E-state index in [1.165, 1.54) is 18.7 Å².